The molecule has 1 N–H and O–H groups in total. The second-order valence-corrected chi connectivity index (χ2v) is 8.59. The van der Waals surface area contributed by atoms with E-state index >= 15 is 0 Å². The number of nitrogens with one attached hydrogen (secondary N) is 1. The van der Waals surface area contributed by atoms with E-state index in [1.807, 2.05) is 0 Å². The quantitative estimate of drug-likeness (QED) is 0.429. The van der Waals surface area contributed by atoms with Crippen molar-refractivity contribution in [2.45, 2.75) is 12.6 Å². The zero-order valence-electron chi connectivity index (χ0n) is 16.4. The number of anilines is 1. The number of benzene rings is 1. The maximum Gasteiger partial charge on any atom is 0.422 e. The third-order valence-corrected chi connectivity index (χ3v) is 6.67. The van der Waals surface area contributed by atoms with Crippen molar-refractivity contribution in [1.29, 1.82) is 0 Å². The molecule has 6 nitrogen and oxygen atoms in total. The highest BCUT2D eigenvalue weighted by Crippen LogP contribution is 2.36. The second-order valence-electron chi connectivity index (χ2n) is 6.87. The molecule has 3 heterocycles. The van der Waals surface area contributed by atoms with Crippen molar-refractivity contribution in [1.82, 2.24) is 14.3 Å². The summed E-state index contributed by atoms with van der Waals surface area (Å²) in [5, 5.41) is 6.14. The first-order valence-electron chi connectivity index (χ1n) is 8.91. The summed E-state index contributed by atoms with van der Waals surface area (Å²) in [5.41, 5.74) is -1.84. The number of fused-ring (bicyclic) bond motifs is 1. The number of rotatable bonds is 4. The number of thiophene rings is 1. The van der Waals surface area contributed by atoms with Gasteiger partial charge < -0.3 is 5.32 Å². The maximum absolute atomic E-state index is 13.8. The minimum Gasteiger partial charge on any atom is -0.302 e. The van der Waals surface area contributed by atoms with E-state index < -0.39 is 29.3 Å². The lowest BCUT2D eigenvalue weighted by Gasteiger charge is -2.10. The van der Waals surface area contributed by atoms with Gasteiger partial charge in [0.15, 0.2) is 5.13 Å². The van der Waals surface area contributed by atoms with E-state index in [9.17, 15) is 31.5 Å². The number of carbonyl (C=O) groups is 1. The molecule has 13 heteroatoms. The summed E-state index contributed by atoms with van der Waals surface area (Å²) in [5.74, 6) is -3.98. The molecule has 0 bridgehead atoms. The smallest absolute Gasteiger partial charge is 0.302 e. The summed E-state index contributed by atoms with van der Waals surface area (Å²) < 4.78 is 69.0. The van der Waals surface area contributed by atoms with E-state index in [4.69, 9.17) is 0 Å². The van der Waals surface area contributed by atoms with E-state index in [1.54, 1.807) is 24.2 Å². The third-order valence-electron chi connectivity index (χ3n) is 4.82. The highest BCUT2D eigenvalue weighted by atomic mass is 32.1. The standard InChI is InChI=1S/C19H13F5N4O2S2/c1-27-16(30)14-9(6-31-17(14)28(27)2)5-13(29)26-18-25-12(7-32-18)8-3-10(20)15(11(21)4-8)19(22,23)24/h3-4,6-7H,5H2,1-2H3,(H,25,26,29). The van der Waals surface area contributed by atoms with Gasteiger partial charge in [-0.1, -0.05) is 0 Å². The van der Waals surface area contributed by atoms with Crippen LogP contribution in [0.25, 0.3) is 21.5 Å². The molecule has 1 amide bonds. The molecule has 0 spiro atoms. The van der Waals surface area contributed by atoms with Gasteiger partial charge in [-0.3, -0.25) is 19.0 Å². The zero-order valence-corrected chi connectivity index (χ0v) is 18.0. The lowest BCUT2D eigenvalue weighted by molar-refractivity contribution is -0.142. The van der Waals surface area contributed by atoms with Gasteiger partial charge in [-0.05, 0) is 23.1 Å². The van der Waals surface area contributed by atoms with Crippen molar-refractivity contribution in [2.75, 3.05) is 5.32 Å². The Hall–Kier alpha value is -3.06. The molecular weight excluding hydrogens is 475 g/mol. The van der Waals surface area contributed by atoms with Gasteiger partial charge in [0.05, 0.1) is 17.5 Å². The molecule has 3 aromatic heterocycles. The number of hydrogen-bond donors (Lipinski definition) is 1. The van der Waals surface area contributed by atoms with Crippen LogP contribution in [-0.4, -0.2) is 20.3 Å². The molecule has 0 fully saturated rings. The second kappa shape index (κ2) is 7.81. The zero-order chi connectivity index (χ0) is 23.4. The van der Waals surface area contributed by atoms with Crippen LogP contribution >= 0.6 is 22.7 Å². The van der Waals surface area contributed by atoms with Crippen molar-refractivity contribution in [3.05, 3.63) is 56.0 Å². The van der Waals surface area contributed by atoms with Crippen LogP contribution < -0.4 is 10.9 Å². The normalized spacial score (nSPS) is 12.0. The Morgan fingerprint density at radius 1 is 1.09 bits per heavy atom. The molecule has 4 rings (SSSR count). The van der Waals surface area contributed by atoms with Crippen LogP contribution in [-0.2, 0) is 31.5 Å². The summed E-state index contributed by atoms with van der Waals surface area (Å²) in [4.78, 5) is 29.5. The number of aryl methyl sites for hydroxylation is 1. The van der Waals surface area contributed by atoms with Crippen LogP contribution in [0.3, 0.4) is 0 Å². The van der Waals surface area contributed by atoms with Gasteiger partial charge in [0, 0.05) is 25.0 Å². The van der Waals surface area contributed by atoms with E-state index in [2.05, 4.69) is 10.3 Å². The van der Waals surface area contributed by atoms with Crippen molar-refractivity contribution >= 4 is 43.9 Å². The first kappa shape index (κ1) is 22.1. The molecule has 0 saturated carbocycles. The Labute approximate surface area is 184 Å². The number of halogens is 5. The van der Waals surface area contributed by atoms with E-state index in [1.165, 1.54) is 21.4 Å². The Bertz CT molecular complexity index is 1390. The molecule has 0 radical (unpaired) electrons. The number of thiazole rings is 1. The first-order chi connectivity index (χ1) is 15.0. The van der Waals surface area contributed by atoms with Crippen LogP contribution in [0.5, 0.6) is 0 Å². The van der Waals surface area contributed by atoms with Crippen LogP contribution in [0.1, 0.15) is 11.1 Å². The highest BCUT2D eigenvalue weighted by Gasteiger charge is 2.38. The summed E-state index contributed by atoms with van der Waals surface area (Å²) in [6.07, 6.45) is -5.27. The molecular formula is C19H13F5N4O2S2. The number of nitrogens with zero attached hydrogens (tertiary/aromatic N) is 3. The Morgan fingerprint density at radius 3 is 2.38 bits per heavy atom. The van der Waals surface area contributed by atoms with Crippen molar-refractivity contribution in [2.24, 2.45) is 14.1 Å². The van der Waals surface area contributed by atoms with Gasteiger partial charge in [0.1, 0.15) is 22.0 Å². The fourth-order valence-electron chi connectivity index (χ4n) is 3.21. The SMILES string of the molecule is Cn1c(=O)c2c(CC(=O)Nc3nc(-c4cc(F)c(C(F)(F)F)c(F)c4)cs3)csc2n1C. The largest absolute Gasteiger partial charge is 0.422 e. The number of amides is 1. The first-order valence-corrected chi connectivity index (χ1v) is 10.7. The molecule has 0 unspecified atom stereocenters. The van der Waals surface area contributed by atoms with Gasteiger partial charge >= 0.3 is 6.18 Å². The highest BCUT2D eigenvalue weighted by molar-refractivity contribution is 7.17. The van der Waals surface area contributed by atoms with Gasteiger partial charge in [-0.15, -0.1) is 22.7 Å². The fraction of sp³-hybridized carbons (Fsp3) is 0.211. The number of alkyl halides is 3. The van der Waals surface area contributed by atoms with Crippen LogP contribution in [0.2, 0.25) is 0 Å². The fourth-order valence-corrected chi connectivity index (χ4v) is 5.01. The van der Waals surface area contributed by atoms with Gasteiger partial charge in [0.25, 0.3) is 5.56 Å². The minimum absolute atomic E-state index is 0.00618. The maximum atomic E-state index is 13.8. The van der Waals surface area contributed by atoms with Gasteiger partial charge in [-0.2, -0.15) is 13.2 Å². The lowest BCUT2D eigenvalue weighted by atomic mass is 10.1. The summed E-state index contributed by atoms with van der Waals surface area (Å²) in [6, 6.07) is 1.08. The summed E-state index contributed by atoms with van der Waals surface area (Å²) >= 11 is 2.27. The van der Waals surface area contributed by atoms with Gasteiger partial charge in [-0.25, -0.2) is 13.8 Å². The van der Waals surface area contributed by atoms with Crippen molar-refractivity contribution in [3.8, 4) is 11.3 Å². The van der Waals surface area contributed by atoms with Crippen molar-refractivity contribution in [3.63, 3.8) is 0 Å². The predicted octanol–water partition coefficient (Wildman–Crippen LogP) is 4.54. The number of aromatic nitrogens is 3. The van der Waals surface area contributed by atoms with E-state index in [0.717, 1.165) is 16.2 Å². The predicted molar refractivity (Wildman–Crippen MR) is 111 cm³/mol. The molecule has 1 aromatic carbocycles. The lowest BCUT2D eigenvalue weighted by Crippen LogP contribution is -2.18. The average molecular weight is 488 g/mol. The molecule has 0 aliphatic carbocycles. The monoisotopic (exact) mass is 488 g/mol. The summed E-state index contributed by atoms with van der Waals surface area (Å²) in [7, 11) is 3.34. The minimum atomic E-state index is -5.17. The molecule has 0 saturated heterocycles. The van der Waals surface area contributed by atoms with Gasteiger partial charge in [0.2, 0.25) is 5.91 Å². The summed E-state index contributed by atoms with van der Waals surface area (Å²) in [6.45, 7) is 0. The number of carbonyl (C=O) groups excluding carboxylic acids is 1. The molecule has 0 aliphatic heterocycles. The molecule has 32 heavy (non-hydrogen) atoms. The third kappa shape index (κ3) is 3.81. The molecule has 0 aliphatic rings. The Kier molecular flexibility index (Phi) is 5.41. The average Bonchev–Trinajstić information content (AvgIpc) is 3.36. The molecule has 0 atom stereocenters. The van der Waals surface area contributed by atoms with Crippen LogP contribution in [0, 0.1) is 11.6 Å². The molecule has 168 valence electrons. The molecule has 4 aromatic rings. The number of hydrogen-bond acceptors (Lipinski definition) is 5. The topological polar surface area (TPSA) is 68.9 Å². The van der Waals surface area contributed by atoms with E-state index in [-0.39, 0.29) is 28.4 Å². The van der Waals surface area contributed by atoms with E-state index in [0.29, 0.717) is 23.1 Å². The van der Waals surface area contributed by atoms with Crippen molar-refractivity contribution < 1.29 is 26.7 Å². The van der Waals surface area contributed by atoms with Crippen LogP contribution in [0.15, 0.2) is 27.7 Å². The van der Waals surface area contributed by atoms with Crippen LogP contribution in [0.4, 0.5) is 27.1 Å². The Balaban J connectivity index is 1.54. The Morgan fingerprint density at radius 2 is 1.75 bits per heavy atom.